The van der Waals surface area contributed by atoms with Gasteiger partial charge >= 0.3 is 0 Å². The van der Waals surface area contributed by atoms with E-state index >= 15 is 0 Å². The molecule has 3 rings (SSSR count). The number of imide groups is 1. The van der Waals surface area contributed by atoms with E-state index < -0.39 is 0 Å². The van der Waals surface area contributed by atoms with Crippen LogP contribution in [0, 0.1) is 0 Å². The number of fused-ring (bicyclic) bond motifs is 1. The van der Waals surface area contributed by atoms with Gasteiger partial charge in [0, 0.05) is 21.7 Å². The Hall–Kier alpha value is -1.82. The van der Waals surface area contributed by atoms with Crippen molar-refractivity contribution in [3.8, 4) is 0 Å². The zero-order valence-electron chi connectivity index (χ0n) is 9.89. The van der Waals surface area contributed by atoms with E-state index in [-0.39, 0.29) is 17.7 Å². The minimum absolute atomic E-state index is 0.202. The lowest BCUT2D eigenvalue weighted by atomic mass is 9.89. The molecule has 0 bridgehead atoms. The maximum Gasteiger partial charge on any atom is 0.234 e. The molecule has 2 heterocycles. The number of nitrogens with zero attached hydrogens (tertiary/aromatic N) is 2. The van der Waals surface area contributed by atoms with Gasteiger partial charge in [0.15, 0.2) is 0 Å². The zero-order valence-corrected chi connectivity index (χ0v) is 11.5. The Morgan fingerprint density at radius 2 is 2.00 bits per heavy atom. The number of benzene rings is 1. The van der Waals surface area contributed by atoms with E-state index in [0.717, 1.165) is 20.8 Å². The molecule has 1 aliphatic rings. The quantitative estimate of drug-likeness (QED) is 0.815. The lowest BCUT2D eigenvalue weighted by molar-refractivity contribution is -0.134. The molecule has 1 fully saturated rings. The van der Waals surface area contributed by atoms with Gasteiger partial charge in [0.2, 0.25) is 11.8 Å². The molecule has 2 amide bonds. The van der Waals surface area contributed by atoms with Gasteiger partial charge in [-0.05, 0) is 24.1 Å². The number of aromatic nitrogens is 2. The third kappa shape index (κ3) is 2.23. The molecule has 1 aliphatic heterocycles. The van der Waals surface area contributed by atoms with E-state index in [9.17, 15) is 9.59 Å². The summed E-state index contributed by atoms with van der Waals surface area (Å²) < 4.78 is 0.875. The Morgan fingerprint density at radius 1 is 1.21 bits per heavy atom. The molecule has 1 aromatic heterocycles. The van der Waals surface area contributed by atoms with Crippen molar-refractivity contribution in [2.45, 2.75) is 18.8 Å². The predicted octanol–water partition coefficient (Wildman–Crippen LogP) is 1.91. The fourth-order valence-electron chi connectivity index (χ4n) is 2.30. The normalized spacial score (nSPS) is 19.5. The molecular weight excluding hydrogens is 310 g/mol. The van der Waals surface area contributed by atoms with Crippen molar-refractivity contribution < 1.29 is 9.59 Å². The minimum Gasteiger partial charge on any atom is -0.296 e. The summed E-state index contributed by atoms with van der Waals surface area (Å²) in [4.78, 5) is 23.0. The van der Waals surface area contributed by atoms with Crippen LogP contribution < -0.4 is 5.32 Å². The number of halogens is 1. The number of rotatable bonds is 1. The first kappa shape index (κ1) is 12.2. The van der Waals surface area contributed by atoms with Crippen molar-refractivity contribution in [3.05, 3.63) is 34.6 Å². The van der Waals surface area contributed by atoms with Crippen LogP contribution in [0.15, 0.2) is 29.0 Å². The Bertz CT molecular complexity index is 687. The van der Waals surface area contributed by atoms with E-state index in [1.54, 1.807) is 12.4 Å². The molecule has 19 heavy (non-hydrogen) atoms. The average Bonchev–Trinajstić information content (AvgIpc) is 2.38. The van der Waals surface area contributed by atoms with E-state index in [1.807, 2.05) is 12.1 Å². The number of hydrogen-bond acceptors (Lipinski definition) is 4. The smallest absolute Gasteiger partial charge is 0.234 e. The van der Waals surface area contributed by atoms with Crippen LogP contribution in [0.3, 0.4) is 0 Å². The summed E-state index contributed by atoms with van der Waals surface area (Å²) >= 11 is 3.48. The number of amides is 2. The van der Waals surface area contributed by atoms with Crippen LogP contribution >= 0.6 is 15.9 Å². The van der Waals surface area contributed by atoms with Crippen molar-refractivity contribution in [1.82, 2.24) is 15.5 Å². The number of piperidine rings is 1. The Kier molecular flexibility index (Phi) is 3.02. The van der Waals surface area contributed by atoms with Crippen molar-refractivity contribution in [2.24, 2.45) is 0 Å². The molecule has 1 aromatic carbocycles. The highest BCUT2D eigenvalue weighted by Crippen LogP contribution is 2.31. The van der Waals surface area contributed by atoms with E-state index in [4.69, 9.17) is 0 Å². The summed E-state index contributed by atoms with van der Waals surface area (Å²) in [5.74, 6) is -0.719. The van der Waals surface area contributed by atoms with E-state index in [1.165, 1.54) is 0 Å². The van der Waals surface area contributed by atoms with Gasteiger partial charge < -0.3 is 0 Å². The summed E-state index contributed by atoms with van der Waals surface area (Å²) in [5, 5.41) is 11.9. The molecule has 6 heteroatoms. The number of hydrogen-bond donors (Lipinski definition) is 1. The van der Waals surface area contributed by atoms with Gasteiger partial charge in [-0.15, -0.1) is 0 Å². The highest BCUT2D eigenvalue weighted by atomic mass is 79.9. The van der Waals surface area contributed by atoms with Crippen LogP contribution in [-0.2, 0) is 9.59 Å². The topological polar surface area (TPSA) is 72.0 Å². The Balaban J connectivity index is 2.06. The van der Waals surface area contributed by atoms with E-state index in [2.05, 4.69) is 31.4 Å². The Labute approximate surface area is 117 Å². The molecule has 1 atom stereocenters. The Morgan fingerprint density at radius 3 is 2.79 bits per heavy atom. The molecule has 5 nitrogen and oxygen atoms in total. The first-order chi connectivity index (χ1) is 9.15. The second kappa shape index (κ2) is 4.70. The molecule has 1 unspecified atom stereocenters. The predicted molar refractivity (Wildman–Crippen MR) is 72.4 cm³/mol. The molecule has 1 N–H and O–H groups in total. The van der Waals surface area contributed by atoms with Crippen LogP contribution in [0.2, 0.25) is 0 Å². The van der Waals surface area contributed by atoms with Gasteiger partial charge in [0.05, 0.1) is 18.3 Å². The molecular formula is C13H10BrN3O2. The summed E-state index contributed by atoms with van der Waals surface area (Å²) in [6, 6.07) is 3.83. The summed E-state index contributed by atoms with van der Waals surface area (Å²) in [6.45, 7) is 0. The van der Waals surface area contributed by atoms with Gasteiger partial charge in [-0.1, -0.05) is 15.9 Å². The highest BCUT2D eigenvalue weighted by molar-refractivity contribution is 9.10. The number of carbonyl (C=O) groups is 2. The van der Waals surface area contributed by atoms with Crippen molar-refractivity contribution >= 4 is 38.5 Å². The minimum atomic E-state index is -0.286. The second-order valence-electron chi connectivity index (χ2n) is 4.50. The standard InChI is InChI=1S/C13H10BrN3O2/c14-11-4-7(3-8-5-15-16-6-10(8)11)9-1-2-12(18)17-13(9)19/h3-6,9H,1-2H2,(H,17,18,19). The lowest BCUT2D eigenvalue weighted by Gasteiger charge is -2.21. The fourth-order valence-corrected chi connectivity index (χ4v) is 2.90. The molecule has 0 spiro atoms. The van der Waals surface area contributed by atoms with Crippen molar-refractivity contribution in [1.29, 1.82) is 0 Å². The number of nitrogens with one attached hydrogen (secondary N) is 1. The van der Waals surface area contributed by atoms with Gasteiger partial charge in [0.25, 0.3) is 0 Å². The first-order valence-corrected chi connectivity index (χ1v) is 6.68. The number of carbonyl (C=O) groups excluding carboxylic acids is 2. The molecule has 1 saturated heterocycles. The zero-order chi connectivity index (χ0) is 13.4. The van der Waals surface area contributed by atoms with Crippen LogP contribution in [0.5, 0.6) is 0 Å². The fraction of sp³-hybridized carbons (Fsp3) is 0.231. The van der Waals surface area contributed by atoms with Crippen LogP contribution in [0.1, 0.15) is 24.3 Å². The monoisotopic (exact) mass is 319 g/mol. The molecule has 96 valence electrons. The first-order valence-electron chi connectivity index (χ1n) is 5.88. The van der Waals surface area contributed by atoms with Gasteiger partial charge in [0.1, 0.15) is 0 Å². The van der Waals surface area contributed by atoms with Crippen LogP contribution in [0.4, 0.5) is 0 Å². The van der Waals surface area contributed by atoms with Crippen molar-refractivity contribution in [2.75, 3.05) is 0 Å². The van der Waals surface area contributed by atoms with Crippen molar-refractivity contribution in [3.63, 3.8) is 0 Å². The van der Waals surface area contributed by atoms with Crippen LogP contribution in [-0.4, -0.2) is 22.0 Å². The van der Waals surface area contributed by atoms with Gasteiger partial charge in [-0.25, -0.2) is 0 Å². The summed E-state index contributed by atoms with van der Waals surface area (Å²) in [6.07, 6.45) is 4.25. The van der Waals surface area contributed by atoms with Crippen LogP contribution in [0.25, 0.3) is 10.8 Å². The highest BCUT2D eigenvalue weighted by Gasteiger charge is 2.28. The average molecular weight is 320 g/mol. The lowest BCUT2D eigenvalue weighted by Crippen LogP contribution is -2.39. The molecule has 0 saturated carbocycles. The molecule has 0 radical (unpaired) electrons. The second-order valence-corrected chi connectivity index (χ2v) is 5.35. The third-order valence-electron chi connectivity index (χ3n) is 3.28. The summed E-state index contributed by atoms with van der Waals surface area (Å²) in [7, 11) is 0. The summed E-state index contributed by atoms with van der Waals surface area (Å²) in [5.41, 5.74) is 0.886. The maximum absolute atomic E-state index is 11.9. The van der Waals surface area contributed by atoms with E-state index in [0.29, 0.717) is 12.8 Å². The third-order valence-corrected chi connectivity index (χ3v) is 3.93. The largest absolute Gasteiger partial charge is 0.296 e. The van der Waals surface area contributed by atoms with Gasteiger partial charge in [-0.2, -0.15) is 10.2 Å². The SMILES string of the molecule is O=C1CCC(c2cc(Br)c3cnncc3c2)C(=O)N1. The maximum atomic E-state index is 11.9. The van der Waals surface area contributed by atoms with Gasteiger partial charge in [-0.3, -0.25) is 14.9 Å². The molecule has 0 aliphatic carbocycles. The molecule has 2 aromatic rings.